The molecule has 0 amide bonds. The average molecular weight is 293 g/mol. The SMILES string of the molecule is CCOC(=O)C1CCN(C(=N)c2c(N)cccc2F)CC1. The highest BCUT2D eigenvalue weighted by Gasteiger charge is 2.28. The minimum absolute atomic E-state index is 0.0768. The lowest BCUT2D eigenvalue weighted by Crippen LogP contribution is -2.41. The van der Waals surface area contributed by atoms with Crippen molar-refractivity contribution in [2.75, 3.05) is 25.4 Å². The predicted octanol–water partition coefficient (Wildman–Crippen LogP) is 2.01. The number of halogens is 1. The first-order chi connectivity index (χ1) is 10.0. The molecule has 1 aliphatic heterocycles. The normalized spacial score (nSPS) is 15.8. The lowest BCUT2D eigenvalue weighted by Gasteiger charge is -2.33. The summed E-state index contributed by atoms with van der Waals surface area (Å²) in [4.78, 5) is 13.4. The highest BCUT2D eigenvalue weighted by atomic mass is 19.1. The van der Waals surface area contributed by atoms with Gasteiger partial charge in [0.15, 0.2) is 0 Å². The Balaban J connectivity index is 2.02. The zero-order valence-electron chi connectivity index (χ0n) is 12.1. The van der Waals surface area contributed by atoms with E-state index in [1.165, 1.54) is 12.1 Å². The van der Waals surface area contributed by atoms with Crippen molar-refractivity contribution >= 4 is 17.5 Å². The Kier molecular flexibility index (Phi) is 4.77. The first-order valence-electron chi connectivity index (χ1n) is 7.09. The number of hydrogen-bond donors (Lipinski definition) is 2. The molecule has 0 saturated carbocycles. The van der Waals surface area contributed by atoms with Crippen LogP contribution in [0.4, 0.5) is 10.1 Å². The van der Waals surface area contributed by atoms with Gasteiger partial charge in [-0.25, -0.2) is 4.39 Å². The fourth-order valence-corrected chi connectivity index (χ4v) is 2.55. The van der Waals surface area contributed by atoms with Gasteiger partial charge in [0.1, 0.15) is 11.7 Å². The maximum Gasteiger partial charge on any atom is 0.309 e. The number of anilines is 1. The summed E-state index contributed by atoms with van der Waals surface area (Å²) in [6.45, 7) is 3.20. The summed E-state index contributed by atoms with van der Waals surface area (Å²) in [6, 6.07) is 4.40. The molecule has 0 radical (unpaired) electrons. The number of ether oxygens (including phenoxy) is 1. The molecule has 5 nitrogen and oxygen atoms in total. The average Bonchev–Trinajstić information content (AvgIpc) is 2.47. The molecule has 1 aliphatic rings. The molecule has 0 atom stereocenters. The van der Waals surface area contributed by atoms with Gasteiger partial charge in [-0.3, -0.25) is 10.2 Å². The number of carbonyl (C=O) groups is 1. The van der Waals surface area contributed by atoms with Crippen LogP contribution in [0.5, 0.6) is 0 Å². The van der Waals surface area contributed by atoms with Crippen molar-refractivity contribution in [3.05, 3.63) is 29.6 Å². The molecule has 0 bridgehead atoms. The fraction of sp³-hybridized carbons (Fsp3) is 0.467. The zero-order valence-corrected chi connectivity index (χ0v) is 12.1. The van der Waals surface area contributed by atoms with Crippen LogP contribution in [0.2, 0.25) is 0 Å². The van der Waals surface area contributed by atoms with Gasteiger partial charge in [-0.15, -0.1) is 0 Å². The molecule has 0 spiro atoms. The lowest BCUT2D eigenvalue weighted by atomic mass is 9.96. The van der Waals surface area contributed by atoms with Crippen LogP contribution in [0.1, 0.15) is 25.3 Å². The first kappa shape index (κ1) is 15.3. The number of hydrogen-bond acceptors (Lipinski definition) is 4. The Morgan fingerprint density at radius 1 is 1.48 bits per heavy atom. The Hall–Kier alpha value is -2.11. The van der Waals surface area contributed by atoms with Crippen LogP contribution in [0.25, 0.3) is 0 Å². The number of piperidine rings is 1. The molecule has 0 aliphatic carbocycles. The Morgan fingerprint density at radius 2 is 2.14 bits per heavy atom. The smallest absolute Gasteiger partial charge is 0.309 e. The molecule has 0 unspecified atom stereocenters. The number of likely N-dealkylation sites (tertiary alicyclic amines) is 1. The summed E-state index contributed by atoms with van der Waals surface area (Å²) in [6.07, 6.45) is 1.21. The standard InChI is InChI=1S/C15H20FN3O2/c1-2-21-15(20)10-6-8-19(9-7-10)14(18)13-11(16)4-3-5-12(13)17/h3-5,10,18H,2,6-9,17H2,1H3. The van der Waals surface area contributed by atoms with Gasteiger partial charge >= 0.3 is 5.97 Å². The Morgan fingerprint density at radius 3 is 2.71 bits per heavy atom. The molecule has 1 fully saturated rings. The summed E-state index contributed by atoms with van der Waals surface area (Å²) in [5.41, 5.74) is 6.15. The highest BCUT2D eigenvalue weighted by Crippen LogP contribution is 2.23. The molecule has 1 aromatic carbocycles. The van der Waals surface area contributed by atoms with Gasteiger partial charge in [0.2, 0.25) is 0 Å². The van der Waals surface area contributed by atoms with E-state index in [1.807, 2.05) is 0 Å². The summed E-state index contributed by atoms with van der Waals surface area (Å²) in [7, 11) is 0. The molecule has 6 heteroatoms. The number of nitrogens with one attached hydrogen (secondary N) is 1. The Labute approximate surface area is 123 Å². The number of nitrogen functional groups attached to an aromatic ring is 1. The molecular formula is C15H20FN3O2. The van der Waals surface area contributed by atoms with Gasteiger partial charge in [0.05, 0.1) is 18.1 Å². The van der Waals surface area contributed by atoms with Gasteiger partial charge in [-0.1, -0.05) is 6.07 Å². The second-order valence-corrected chi connectivity index (χ2v) is 5.07. The lowest BCUT2D eigenvalue weighted by molar-refractivity contribution is -0.149. The van der Waals surface area contributed by atoms with Crippen molar-refractivity contribution in [2.24, 2.45) is 5.92 Å². The van der Waals surface area contributed by atoms with Gasteiger partial charge in [-0.05, 0) is 31.9 Å². The van der Waals surface area contributed by atoms with Crippen LogP contribution >= 0.6 is 0 Å². The number of rotatable bonds is 3. The van der Waals surface area contributed by atoms with Crippen molar-refractivity contribution in [3.63, 3.8) is 0 Å². The number of nitrogens with two attached hydrogens (primary N) is 1. The molecule has 2 rings (SSSR count). The maximum atomic E-state index is 13.8. The molecule has 1 saturated heterocycles. The van der Waals surface area contributed by atoms with E-state index < -0.39 is 5.82 Å². The first-order valence-corrected chi connectivity index (χ1v) is 7.09. The quantitative estimate of drug-likeness (QED) is 0.387. The summed E-state index contributed by atoms with van der Waals surface area (Å²) in [5, 5.41) is 8.15. The van der Waals surface area contributed by atoms with Crippen molar-refractivity contribution in [3.8, 4) is 0 Å². The largest absolute Gasteiger partial charge is 0.466 e. The second-order valence-electron chi connectivity index (χ2n) is 5.07. The minimum atomic E-state index is -0.493. The van der Waals surface area contributed by atoms with E-state index in [0.29, 0.717) is 32.5 Å². The number of esters is 1. The maximum absolute atomic E-state index is 13.8. The van der Waals surface area contributed by atoms with Gasteiger partial charge in [-0.2, -0.15) is 0 Å². The van der Waals surface area contributed by atoms with Crippen molar-refractivity contribution in [1.82, 2.24) is 4.90 Å². The number of amidine groups is 1. The van der Waals surface area contributed by atoms with E-state index in [4.69, 9.17) is 15.9 Å². The summed E-state index contributed by atoms with van der Waals surface area (Å²) >= 11 is 0. The van der Waals surface area contributed by atoms with Crippen LogP contribution in [0.15, 0.2) is 18.2 Å². The summed E-state index contributed by atoms with van der Waals surface area (Å²) < 4.78 is 18.8. The monoisotopic (exact) mass is 293 g/mol. The topological polar surface area (TPSA) is 79.4 Å². The Bertz CT molecular complexity index is 519. The van der Waals surface area contributed by atoms with Crippen molar-refractivity contribution in [1.29, 1.82) is 5.41 Å². The van der Waals surface area contributed by atoms with Gasteiger partial charge in [0, 0.05) is 18.8 Å². The van der Waals surface area contributed by atoms with Crippen LogP contribution in [0.3, 0.4) is 0 Å². The molecule has 3 N–H and O–H groups in total. The van der Waals surface area contributed by atoms with E-state index in [9.17, 15) is 9.18 Å². The molecular weight excluding hydrogens is 273 g/mol. The van der Waals surface area contributed by atoms with Gasteiger partial charge < -0.3 is 15.4 Å². The number of nitrogens with zero attached hydrogens (tertiary/aromatic N) is 1. The second kappa shape index (κ2) is 6.56. The predicted molar refractivity (Wildman–Crippen MR) is 78.6 cm³/mol. The van der Waals surface area contributed by atoms with Crippen molar-refractivity contribution < 1.29 is 13.9 Å². The van der Waals surface area contributed by atoms with Crippen molar-refractivity contribution in [2.45, 2.75) is 19.8 Å². The molecule has 1 heterocycles. The molecule has 21 heavy (non-hydrogen) atoms. The van der Waals surface area contributed by atoms with Crippen LogP contribution in [0, 0.1) is 17.1 Å². The van der Waals surface area contributed by atoms with Crippen LogP contribution < -0.4 is 5.73 Å². The van der Waals surface area contributed by atoms with Crippen LogP contribution in [-0.2, 0) is 9.53 Å². The molecule has 114 valence electrons. The highest BCUT2D eigenvalue weighted by molar-refractivity contribution is 6.01. The molecule has 0 aromatic heterocycles. The van der Waals surface area contributed by atoms with E-state index in [1.54, 1.807) is 17.9 Å². The number of carbonyl (C=O) groups excluding carboxylic acids is 1. The third-order valence-corrected chi connectivity index (χ3v) is 3.71. The van der Waals surface area contributed by atoms with E-state index in [-0.39, 0.29) is 29.0 Å². The summed E-state index contributed by atoms with van der Waals surface area (Å²) in [5.74, 6) is -0.735. The third kappa shape index (κ3) is 3.32. The van der Waals surface area contributed by atoms with Crippen LogP contribution in [-0.4, -0.2) is 36.4 Å². The minimum Gasteiger partial charge on any atom is -0.466 e. The van der Waals surface area contributed by atoms with E-state index in [0.717, 1.165) is 0 Å². The van der Waals surface area contributed by atoms with E-state index >= 15 is 0 Å². The third-order valence-electron chi connectivity index (χ3n) is 3.71. The number of benzene rings is 1. The molecule has 1 aromatic rings. The fourth-order valence-electron chi connectivity index (χ4n) is 2.55. The van der Waals surface area contributed by atoms with E-state index in [2.05, 4.69) is 0 Å². The van der Waals surface area contributed by atoms with Gasteiger partial charge in [0.25, 0.3) is 0 Å². The zero-order chi connectivity index (χ0) is 15.4.